The van der Waals surface area contributed by atoms with E-state index >= 15 is 0 Å². The number of nitrogens with zero attached hydrogens (tertiary/aromatic N) is 1. The molecule has 4 rings (SSSR count). The Balaban J connectivity index is 0.00000140. The maximum absolute atomic E-state index is 6.30. The Morgan fingerprint density at radius 3 is 2.43 bits per heavy atom. The van der Waals surface area contributed by atoms with Crippen LogP contribution in [-0.2, 0) is 11.3 Å². The molecule has 2 aromatic rings. The van der Waals surface area contributed by atoms with Crippen LogP contribution in [0.4, 0.5) is 0 Å². The number of ether oxygens (including phenoxy) is 2. The summed E-state index contributed by atoms with van der Waals surface area (Å²) in [5.41, 5.74) is 2.18. The lowest BCUT2D eigenvalue weighted by atomic mass is 9.95. The minimum Gasteiger partial charge on any atom is -0.490 e. The smallest absolute Gasteiger partial charge is 0.124 e. The standard InChI is InChI=1S/C20H22Cl2N2O2.2ClH/c21-15-9-14(10-16(22)11-15)12-25-19-13-26-18-4-2-1-3-17(18)20(19)24-7-5-23-6-8-24;;/h1-4,9-11,19-20,23H,5-8,12-13H2;2*1H/t19-,20-;;/m0../s1. The van der Waals surface area contributed by atoms with Crippen molar-refractivity contribution in [3.63, 3.8) is 0 Å². The van der Waals surface area contributed by atoms with Crippen molar-refractivity contribution in [3.05, 3.63) is 63.6 Å². The van der Waals surface area contributed by atoms with Gasteiger partial charge in [0.05, 0.1) is 12.6 Å². The molecule has 4 nitrogen and oxygen atoms in total. The van der Waals surface area contributed by atoms with Gasteiger partial charge in [-0.15, -0.1) is 24.8 Å². The molecule has 28 heavy (non-hydrogen) atoms. The van der Waals surface area contributed by atoms with E-state index in [1.807, 2.05) is 24.3 Å². The third kappa shape index (κ3) is 5.45. The first-order chi connectivity index (χ1) is 12.7. The number of fused-ring (bicyclic) bond motifs is 1. The van der Waals surface area contributed by atoms with Crippen LogP contribution in [0.15, 0.2) is 42.5 Å². The summed E-state index contributed by atoms with van der Waals surface area (Å²) in [4.78, 5) is 2.49. The van der Waals surface area contributed by atoms with Crippen LogP contribution in [0.1, 0.15) is 17.2 Å². The first kappa shape index (κ1) is 23.6. The lowest BCUT2D eigenvalue weighted by molar-refractivity contribution is -0.0617. The lowest BCUT2D eigenvalue weighted by Gasteiger charge is -2.42. The Bertz CT molecular complexity index is 751. The van der Waals surface area contributed by atoms with E-state index in [-0.39, 0.29) is 37.0 Å². The second-order valence-electron chi connectivity index (χ2n) is 6.71. The van der Waals surface area contributed by atoms with E-state index in [0.717, 1.165) is 37.5 Å². The lowest BCUT2D eigenvalue weighted by Crippen LogP contribution is -2.51. The molecule has 1 fully saturated rings. The van der Waals surface area contributed by atoms with E-state index in [2.05, 4.69) is 22.3 Å². The molecule has 2 atom stereocenters. The van der Waals surface area contributed by atoms with Gasteiger partial charge >= 0.3 is 0 Å². The summed E-state index contributed by atoms with van der Waals surface area (Å²) in [6, 6.07) is 14.0. The van der Waals surface area contributed by atoms with Crippen molar-refractivity contribution in [2.45, 2.75) is 18.8 Å². The van der Waals surface area contributed by atoms with Gasteiger partial charge in [0.15, 0.2) is 0 Å². The van der Waals surface area contributed by atoms with Crippen molar-refractivity contribution in [2.24, 2.45) is 0 Å². The van der Waals surface area contributed by atoms with E-state index in [1.54, 1.807) is 6.07 Å². The zero-order valence-corrected chi connectivity index (χ0v) is 18.4. The fourth-order valence-corrected chi connectivity index (χ4v) is 4.32. The van der Waals surface area contributed by atoms with Gasteiger partial charge in [0.2, 0.25) is 0 Å². The van der Waals surface area contributed by atoms with E-state index < -0.39 is 0 Å². The summed E-state index contributed by atoms with van der Waals surface area (Å²) in [6.45, 7) is 5.00. The topological polar surface area (TPSA) is 33.7 Å². The Kier molecular flexibility index (Phi) is 9.16. The first-order valence-electron chi connectivity index (χ1n) is 8.94. The summed E-state index contributed by atoms with van der Waals surface area (Å²) in [5.74, 6) is 0.960. The maximum Gasteiger partial charge on any atom is 0.124 e. The molecule has 0 spiro atoms. The molecule has 2 aliphatic rings. The molecule has 8 heteroatoms. The molecule has 1 N–H and O–H groups in total. The van der Waals surface area contributed by atoms with Crippen molar-refractivity contribution >= 4 is 48.0 Å². The van der Waals surface area contributed by atoms with E-state index in [0.29, 0.717) is 23.3 Å². The zero-order chi connectivity index (χ0) is 17.9. The molecule has 0 amide bonds. The molecule has 1 saturated heterocycles. The third-order valence-electron chi connectivity index (χ3n) is 4.92. The van der Waals surface area contributed by atoms with E-state index in [1.165, 1.54) is 5.56 Å². The van der Waals surface area contributed by atoms with Gasteiger partial charge in [-0.25, -0.2) is 0 Å². The molecule has 0 unspecified atom stereocenters. The summed E-state index contributed by atoms with van der Waals surface area (Å²) >= 11 is 12.2. The van der Waals surface area contributed by atoms with Crippen LogP contribution in [0.25, 0.3) is 0 Å². The second-order valence-corrected chi connectivity index (χ2v) is 7.58. The quantitative estimate of drug-likeness (QED) is 0.705. The summed E-state index contributed by atoms with van der Waals surface area (Å²) < 4.78 is 12.3. The maximum atomic E-state index is 6.30. The Morgan fingerprint density at radius 1 is 1.04 bits per heavy atom. The summed E-state index contributed by atoms with van der Waals surface area (Å²) in [5, 5.41) is 4.67. The van der Waals surface area contributed by atoms with Crippen LogP contribution in [0.3, 0.4) is 0 Å². The van der Waals surface area contributed by atoms with Crippen LogP contribution in [0.5, 0.6) is 5.75 Å². The highest BCUT2D eigenvalue weighted by Gasteiger charge is 2.36. The molecule has 0 bridgehead atoms. The molecular weight excluding hydrogens is 442 g/mol. The van der Waals surface area contributed by atoms with E-state index in [4.69, 9.17) is 32.7 Å². The van der Waals surface area contributed by atoms with Crippen LogP contribution < -0.4 is 10.1 Å². The number of piperazine rings is 1. The Hall–Kier alpha value is -0.720. The second kappa shape index (κ2) is 10.9. The number of nitrogens with one attached hydrogen (secondary N) is 1. The zero-order valence-electron chi connectivity index (χ0n) is 15.3. The molecule has 0 aromatic heterocycles. The molecule has 2 heterocycles. The fourth-order valence-electron chi connectivity index (χ4n) is 3.75. The molecule has 154 valence electrons. The number of hydrogen-bond acceptors (Lipinski definition) is 4. The largest absolute Gasteiger partial charge is 0.490 e. The monoisotopic (exact) mass is 464 g/mol. The molecule has 0 saturated carbocycles. The van der Waals surface area contributed by atoms with Gasteiger partial charge in [0.1, 0.15) is 18.5 Å². The summed E-state index contributed by atoms with van der Waals surface area (Å²) in [6.07, 6.45) is -0.0410. The highest BCUT2D eigenvalue weighted by atomic mass is 35.5. The van der Waals surface area contributed by atoms with Crippen LogP contribution in [0.2, 0.25) is 10.0 Å². The van der Waals surface area contributed by atoms with E-state index in [9.17, 15) is 0 Å². The number of rotatable bonds is 4. The third-order valence-corrected chi connectivity index (χ3v) is 5.36. The number of benzene rings is 2. The number of halogens is 4. The molecule has 0 aliphatic carbocycles. The summed E-state index contributed by atoms with van der Waals surface area (Å²) in [7, 11) is 0. The van der Waals surface area contributed by atoms with Gasteiger partial charge in [-0.3, -0.25) is 4.90 Å². The number of para-hydroxylation sites is 1. The highest BCUT2D eigenvalue weighted by molar-refractivity contribution is 6.34. The van der Waals surface area contributed by atoms with Crippen molar-refractivity contribution in [2.75, 3.05) is 32.8 Å². The molecule has 2 aliphatic heterocycles. The Morgan fingerprint density at radius 2 is 1.71 bits per heavy atom. The van der Waals surface area contributed by atoms with Gasteiger partial charge in [0.25, 0.3) is 0 Å². The van der Waals surface area contributed by atoms with Crippen molar-refractivity contribution < 1.29 is 9.47 Å². The molecule has 2 aromatic carbocycles. The average Bonchev–Trinajstić information content (AvgIpc) is 2.66. The SMILES string of the molecule is Cl.Cl.Clc1cc(Cl)cc(CO[C@H]2COc3ccccc3[C@@H]2N2CCNCC2)c1. The number of hydrogen-bond donors (Lipinski definition) is 1. The van der Waals surface area contributed by atoms with Gasteiger partial charge in [-0.1, -0.05) is 41.4 Å². The van der Waals surface area contributed by atoms with Crippen molar-refractivity contribution in [1.29, 1.82) is 0 Å². The minimum atomic E-state index is -0.0410. The Labute approximate surface area is 188 Å². The van der Waals surface area contributed by atoms with Gasteiger partial charge in [0, 0.05) is 41.8 Å². The van der Waals surface area contributed by atoms with Crippen molar-refractivity contribution in [1.82, 2.24) is 10.2 Å². The predicted molar refractivity (Wildman–Crippen MR) is 119 cm³/mol. The van der Waals surface area contributed by atoms with Crippen molar-refractivity contribution in [3.8, 4) is 5.75 Å². The molecular formula is C20H24Cl4N2O2. The van der Waals surface area contributed by atoms with Crippen LogP contribution >= 0.6 is 48.0 Å². The van der Waals surface area contributed by atoms with Crippen LogP contribution in [-0.4, -0.2) is 43.8 Å². The highest BCUT2D eigenvalue weighted by Crippen LogP contribution is 2.37. The first-order valence-corrected chi connectivity index (χ1v) is 9.69. The predicted octanol–water partition coefficient (Wildman–Crippen LogP) is 4.76. The van der Waals surface area contributed by atoms with Crippen LogP contribution in [0, 0.1) is 0 Å². The molecule has 0 radical (unpaired) electrons. The van der Waals surface area contributed by atoms with Gasteiger partial charge < -0.3 is 14.8 Å². The minimum absolute atomic E-state index is 0. The normalized spacial score (nSPS) is 21.6. The van der Waals surface area contributed by atoms with Gasteiger partial charge in [-0.2, -0.15) is 0 Å². The van der Waals surface area contributed by atoms with Gasteiger partial charge in [-0.05, 0) is 29.8 Å². The fraction of sp³-hybridized carbons (Fsp3) is 0.400. The average molecular weight is 466 g/mol.